The van der Waals surface area contributed by atoms with Gasteiger partial charge in [-0.25, -0.2) is 4.98 Å². The number of anilines is 1. The van der Waals surface area contributed by atoms with Gasteiger partial charge in [-0.15, -0.1) is 11.3 Å². The Morgan fingerprint density at radius 3 is 3.00 bits per heavy atom. The van der Waals surface area contributed by atoms with Crippen LogP contribution >= 0.6 is 38.9 Å². The summed E-state index contributed by atoms with van der Waals surface area (Å²) in [5.41, 5.74) is 6.47. The monoisotopic (exact) mass is 359 g/mol. The molecule has 0 radical (unpaired) electrons. The van der Waals surface area contributed by atoms with Crippen LogP contribution in [0.2, 0.25) is 5.02 Å². The van der Waals surface area contributed by atoms with Crippen molar-refractivity contribution in [1.29, 1.82) is 0 Å². The molecule has 1 amide bonds. The molecule has 0 aliphatic heterocycles. The fourth-order valence-corrected chi connectivity index (χ4v) is 2.64. The molecule has 0 bridgehead atoms. The van der Waals surface area contributed by atoms with Crippen molar-refractivity contribution >= 4 is 50.5 Å². The number of hydrogen-bond acceptors (Lipinski definition) is 4. The molecule has 0 aliphatic rings. The van der Waals surface area contributed by atoms with Gasteiger partial charge >= 0.3 is 0 Å². The Morgan fingerprint density at radius 1 is 1.53 bits per heavy atom. The Hall–Kier alpha value is -0.950. The van der Waals surface area contributed by atoms with E-state index in [4.69, 9.17) is 17.3 Å². The van der Waals surface area contributed by atoms with Crippen molar-refractivity contribution in [2.75, 3.05) is 11.9 Å². The number of hydrogen-bond donors (Lipinski definition) is 2. The summed E-state index contributed by atoms with van der Waals surface area (Å²) in [7, 11) is 0. The smallest absolute Gasteiger partial charge is 0.275 e. The Bertz CT molecular complexity index is 602. The molecule has 1 heterocycles. The van der Waals surface area contributed by atoms with Crippen LogP contribution in [0.1, 0.15) is 15.5 Å². The molecule has 2 aromatic rings. The molecule has 0 atom stereocenters. The van der Waals surface area contributed by atoms with Crippen molar-refractivity contribution in [2.45, 2.75) is 6.42 Å². The van der Waals surface area contributed by atoms with Crippen molar-refractivity contribution in [3.63, 3.8) is 0 Å². The van der Waals surface area contributed by atoms with Gasteiger partial charge in [0.25, 0.3) is 5.91 Å². The van der Waals surface area contributed by atoms with Gasteiger partial charge in [-0.1, -0.05) is 11.6 Å². The highest BCUT2D eigenvalue weighted by molar-refractivity contribution is 9.10. The van der Waals surface area contributed by atoms with Crippen molar-refractivity contribution in [1.82, 2.24) is 4.98 Å². The number of thiazole rings is 1. The molecule has 0 saturated carbocycles. The first kappa shape index (κ1) is 14.5. The molecule has 0 aliphatic carbocycles. The predicted molar refractivity (Wildman–Crippen MR) is 82.0 cm³/mol. The van der Waals surface area contributed by atoms with Crippen LogP contribution in [0.3, 0.4) is 0 Å². The molecule has 100 valence electrons. The van der Waals surface area contributed by atoms with E-state index in [1.165, 1.54) is 11.3 Å². The summed E-state index contributed by atoms with van der Waals surface area (Å²) in [5, 5.41) is 5.88. The van der Waals surface area contributed by atoms with Gasteiger partial charge in [0.1, 0.15) is 5.69 Å². The Kier molecular flexibility index (Phi) is 4.93. The Labute approximate surface area is 128 Å². The normalized spacial score (nSPS) is 10.5. The minimum absolute atomic E-state index is 0.252. The topological polar surface area (TPSA) is 68.0 Å². The number of nitrogens with two attached hydrogens (primary N) is 1. The summed E-state index contributed by atoms with van der Waals surface area (Å²) in [6.07, 6.45) is 0.683. The first-order chi connectivity index (χ1) is 9.10. The quantitative estimate of drug-likeness (QED) is 0.879. The average Bonchev–Trinajstić information content (AvgIpc) is 2.83. The van der Waals surface area contributed by atoms with Gasteiger partial charge in [0, 0.05) is 22.0 Å². The number of halogens is 2. The highest BCUT2D eigenvalue weighted by atomic mass is 79.9. The molecule has 0 spiro atoms. The molecule has 0 fully saturated rings. The van der Waals surface area contributed by atoms with Crippen molar-refractivity contribution in [2.24, 2.45) is 5.73 Å². The van der Waals surface area contributed by atoms with Gasteiger partial charge in [0.05, 0.1) is 10.0 Å². The van der Waals surface area contributed by atoms with E-state index >= 15 is 0 Å². The fourth-order valence-electron chi connectivity index (χ4n) is 1.42. The summed E-state index contributed by atoms with van der Waals surface area (Å²) in [6, 6.07) is 5.22. The van der Waals surface area contributed by atoms with Crippen molar-refractivity contribution in [3.8, 4) is 0 Å². The van der Waals surface area contributed by atoms with E-state index < -0.39 is 0 Å². The third-order valence-electron chi connectivity index (χ3n) is 2.32. The zero-order chi connectivity index (χ0) is 13.8. The molecule has 7 heteroatoms. The number of aromatic nitrogens is 1. The van der Waals surface area contributed by atoms with Gasteiger partial charge < -0.3 is 11.1 Å². The SMILES string of the molecule is NCCc1nc(C(=O)Nc2ccc(Br)c(Cl)c2)cs1. The average molecular weight is 361 g/mol. The zero-order valence-corrected chi connectivity index (χ0v) is 13.0. The van der Waals surface area contributed by atoms with Crippen LogP contribution in [0, 0.1) is 0 Å². The second-order valence-electron chi connectivity index (χ2n) is 3.75. The van der Waals surface area contributed by atoms with Gasteiger partial charge in [-0.3, -0.25) is 4.79 Å². The number of nitrogens with one attached hydrogen (secondary N) is 1. The first-order valence-corrected chi connectivity index (χ1v) is 7.56. The highest BCUT2D eigenvalue weighted by Crippen LogP contribution is 2.25. The minimum atomic E-state index is -0.252. The molecule has 3 N–H and O–H groups in total. The molecule has 1 aromatic heterocycles. The number of amides is 1. The van der Waals surface area contributed by atoms with Crippen LogP contribution in [-0.4, -0.2) is 17.4 Å². The lowest BCUT2D eigenvalue weighted by Crippen LogP contribution is -2.12. The van der Waals surface area contributed by atoms with Gasteiger partial charge in [-0.2, -0.15) is 0 Å². The fraction of sp³-hybridized carbons (Fsp3) is 0.167. The van der Waals surface area contributed by atoms with Crippen molar-refractivity contribution < 1.29 is 4.79 Å². The number of nitrogens with zero attached hydrogens (tertiary/aromatic N) is 1. The second kappa shape index (κ2) is 6.47. The van der Waals surface area contributed by atoms with Crippen molar-refractivity contribution in [3.05, 3.63) is 43.8 Å². The van der Waals surface area contributed by atoms with Crippen LogP contribution in [0.4, 0.5) is 5.69 Å². The molecular formula is C12H11BrClN3OS. The molecular weight excluding hydrogens is 350 g/mol. The van der Waals surface area contributed by atoms with E-state index in [1.807, 2.05) is 0 Å². The Morgan fingerprint density at radius 2 is 2.32 bits per heavy atom. The van der Waals surface area contributed by atoms with Crippen LogP contribution in [0.25, 0.3) is 0 Å². The molecule has 2 rings (SSSR count). The zero-order valence-electron chi connectivity index (χ0n) is 9.82. The summed E-state index contributed by atoms with van der Waals surface area (Å²) in [4.78, 5) is 16.2. The maximum atomic E-state index is 12.0. The number of benzene rings is 1. The highest BCUT2D eigenvalue weighted by Gasteiger charge is 2.11. The van der Waals surface area contributed by atoms with Crippen LogP contribution in [0.15, 0.2) is 28.1 Å². The molecule has 1 aromatic carbocycles. The number of carbonyl (C=O) groups excluding carboxylic acids is 1. The Balaban J connectivity index is 2.09. The van der Waals surface area contributed by atoms with E-state index in [1.54, 1.807) is 23.6 Å². The summed E-state index contributed by atoms with van der Waals surface area (Å²) < 4.78 is 0.783. The minimum Gasteiger partial charge on any atom is -0.330 e. The maximum Gasteiger partial charge on any atom is 0.275 e. The molecule has 4 nitrogen and oxygen atoms in total. The summed E-state index contributed by atoms with van der Waals surface area (Å²) >= 11 is 10.7. The largest absolute Gasteiger partial charge is 0.330 e. The summed E-state index contributed by atoms with van der Waals surface area (Å²) in [6.45, 7) is 0.525. The van der Waals surface area contributed by atoms with E-state index in [2.05, 4.69) is 26.2 Å². The second-order valence-corrected chi connectivity index (χ2v) is 5.95. The van der Waals surface area contributed by atoms with E-state index in [0.717, 1.165) is 9.48 Å². The third-order valence-corrected chi connectivity index (χ3v) is 4.46. The standard InChI is InChI=1S/C12H11BrClN3OS/c13-8-2-1-7(5-9(8)14)16-12(18)10-6-19-11(17-10)3-4-15/h1-2,5-6H,3-4,15H2,(H,16,18). The molecule has 0 unspecified atom stereocenters. The number of rotatable bonds is 4. The maximum absolute atomic E-state index is 12.0. The van der Waals surface area contributed by atoms with Crippen LogP contribution in [-0.2, 0) is 6.42 Å². The van der Waals surface area contributed by atoms with Gasteiger partial charge in [0.2, 0.25) is 0 Å². The first-order valence-electron chi connectivity index (χ1n) is 5.51. The third kappa shape index (κ3) is 3.76. The van der Waals surface area contributed by atoms with Crippen LogP contribution in [0.5, 0.6) is 0 Å². The lowest BCUT2D eigenvalue weighted by atomic mass is 10.3. The van der Waals surface area contributed by atoms with E-state index in [0.29, 0.717) is 29.4 Å². The molecule has 19 heavy (non-hydrogen) atoms. The number of carbonyl (C=O) groups is 1. The van der Waals surface area contributed by atoms with E-state index in [-0.39, 0.29) is 5.91 Å². The lowest BCUT2D eigenvalue weighted by molar-refractivity contribution is 0.102. The van der Waals surface area contributed by atoms with Crippen LogP contribution < -0.4 is 11.1 Å². The predicted octanol–water partition coefficient (Wildman–Crippen LogP) is 3.31. The summed E-state index contributed by atoms with van der Waals surface area (Å²) in [5.74, 6) is -0.252. The van der Waals surface area contributed by atoms with E-state index in [9.17, 15) is 4.79 Å². The van der Waals surface area contributed by atoms with Gasteiger partial charge in [-0.05, 0) is 40.7 Å². The lowest BCUT2D eigenvalue weighted by Gasteiger charge is -2.04. The molecule has 0 saturated heterocycles. The van der Waals surface area contributed by atoms with Gasteiger partial charge in [0.15, 0.2) is 0 Å².